The van der Waals surface area contributed by atoms with Crippen LogP contribution in [-0.4, -0.2) is 172 Å². The van der Waals surface area contributed by atoms with Gasteiger partial charge in [-0.1, -0.05) is 31.9 Å². The van der Waals surface area contributed by atoms with Gasteiger partial charge in [0.25, 0.3) is 0 Å². The van der Waals surface area contributed by atoms with Crippen molar-refractivity contribution in [3.8, 4) is 0 Å². The number of carbonyl (C=O) groups excluding carboxylic acids is 1. The molecule has 1 saturated heterocycles. The molecule has 7 N–H and O–H groups in total. The number of benzene rings is 1. The van der Waals surface area contributed by atoms with E-state index < -0.39 is 29.9 Å². The molecule has 1 aliphatic heterocycles. The number of aliphatic imine (C=N–C) groups is 1. The average molecular weight is 827 g/mol. The molecule has 0 saturated carbocycles. The van der Waals surface area contributed by atoms with Crippen LogP contribution in [0.15, 0.2) is 29.3 Å². The first-order valence-electron chi connectivity index (χ1n) is 17.4. The van der Waals surface area contributed by atoms with E-state index in [0.29, 0.717) is 24.4 Å². The maximum Gasteiger partial charge on any atom is 3.00 e. The largest absolute Gasteiger partial charge is 3.00 e. The number of rotatable bonds is 21. The predicted molar refractivity (Wildman–Crippen MR) is 197 cm³/mol. The minimum Gasteiger partial charge on any atom is -0.480 e. The molecule has 1 heterocycles. The number of amidine groups is 1. The third-order valence-corrected chi connectivity index (χ3v) is 9.35. The Labute approximate surface area is 335 Å². The minimum atomic E-state index is -1.08. The summed E-state index contributed by atoms with van der Waals surface area (Å²) in [5, 5.41) is 41.2. The molecule has 1 unspecified atom stereocenters. The summed E-state index contributed by atoms with van der Waals surface area (Å²) < 4.78 is 0. The van der Waals surface area contributed by atoms with Crippen LogP contribution < -0.4 is 11.1 Å². The third-order valence-electron chi connectivity index (χ3n) is 8.31. The van der Waals surface area contributed by atoms with Crippen molar-refractivity contribution >= 4 is 53.1 Å². The van der Waals surface area contributed by atoms with E-state index in [2.05, 4.69) is 17.2 Å². The number of anilines is 1. The Bertz CT molecular complexity index is 1290. The van der Waals surface area contributed by atoms with Crippen molar-refractivity contribution in [3.05, 3.63) is 29.8 Å². The molecule has 0 bridgehead atoms. The Morgan fingerprint density at radius 2 is 1.33 bits per heavy atom. The van der Waals surface area contributed by atoms with E-state index in [1.54, 1.807) is 31.7 Å². The van der Waals surface area contributed by atoms with Gasteiger partial charge in [0.1, 0.15) is 0 Å². The van der Waals surface area contributed by atoms with E-state index in [0.717, 1.165) is 43.5 Å². The zero-order valence-electron chi connectivity index (χ0n) is 30.2. The van der Waals surface area contributed by atoms with Crippen molar-refractivity contribution in [2.24, 2.45) is 10.7 Å². The molecule has 0 radical (unpaired) electrons. The fraction of sp³-hybridized carbons (Fsp3) is 0.647. The number of carbonyl (C=O) groups is 5. The fourth-order valence-corrected chi connectivity index (χ4v) is 6.48. The van der Waals surface area contributed by atoms with Crippen LogP contribution in [0.3, 0.4) is 0 Å². The Balaban J connectivity index is 0.0000135. The molecule has 2 rings (SSSR count). The first-order chi connectivity index (χ1) is 24.3. The van der Waals surface area contributed by atoms with Crippen LogP contribution in [-0.2, 0) is 63.1 Å². The van der Waals surface area contributed by atoms with Crippen LogP contribution in [0.1, 0.15) is 44.6 Å². The molecule has 1 aromatic carbocycles. The van der Waals surface area contributed by atoms with Crippen molar-refractivity contribution in [1.29, 1.82) is 0 Å². The molecule has 286 valence electrons. The number of carboxylic acid groups (broad SMARTS) is 4. The molecule has 18 heteroatoms. The van der Waals surface area contributed by atoms with Crippen molar-refractivity contribution < 1.29 is 77.1 Å². The number of amides is 1. The smallest absolute Gasteiger partial charge is 0.480 e. The normalized spacial score (nSPS) is 17.3. The summed E-state index contributed by atoms with van der Waals surface area (Å²) in [6.07, 6.45) is 5.18. The van der Waals surface area contributed by atoms with Crippen molar-refractivity contribution in [3.63, 3.8) is 0 Å². The summed E-state index contributed by atoms with van der Waals surface area (Å²) in [5.41, 5.74) is 7.40. The molecule has 0 aliphatic carbocycles. The summed E-state index contributed by atoms with van der Waals surface area (Å²) >= 11 is 1.52. The SMILES string of the molecule is CCCCCN=C(N)CCCSCC(=O)Nc1ccc(CC2CN(CC(=O)O)CCN(CC(=O)O)CCN(CC(=O)O)CCN2CC(=O)O)cc1.[Y+3]. The van der Waals surface area contributed by atoms with E-state index >= 15 is 0 Å². The van der Waals surface area contributed by atoms with Gasteiger partial charge in [0.05, 0.1) is 37.8 Å². The van der Waals surface area contributed by atoms with E-state index in [4.69, 9.17) is 5.73 Å². The number of nitrogens with one attached hydrogen (secondary N) is 1. The van der Waals surface area contributed by atoms with E-state index in [9.17, 15) is 44.4 Å². The molecule has 52 heavy (non-hydrogen) atoms. The summed E-state index contributed by atoms with van der Waals surface area (Å²) in [5.74, 6) is -2.71. The van der Waals surface area contributed by atoms with Gasteiger partial charge in [-0.3, -0.25) is 48.6 Å². The van der Waals surface area contributed by atoms with Crippen LogP contribution in [0.25, 0.3) is 0 Å². The Kier molecular flexibility index (Phi) is 24.6. The standard InChI is InChI=1S/C34H55N7O9S.Y/c1-2-3-4-11-36-29(35)6-5-18-51-25-30(42)37-27-9-7-26(8-10-27)19-28-20-40(23-33(47)48)15-14-38(21-31(43)44)12-13-39(22-32(45)46)16-17-41(28)24-34(49)50;/h7-10,28H,2-6,11-25H2,1H3,(H2,35,36)(H,37,42)(H,43,44)(H,45,46)(H,47,48)(H,49,50);/q;+3. The fourth-order valence-electron chi connectivity index (χ4n) is 5.73. The predicted octanol–water partition coefficient (Wildman–Crippen LogP) is 1.15. The summed E-state index contributed by atoms with van der Waals surface area (Å²) in [7, 11) is 0. The second-order valence-electron chi connectivity index (χ2n) is 12.7. The Hall–Kier alpha value is -2.67. The third kappa shape index (κ3) is 21.8. The number of carboxylic acids is 4. The number of thioether (sulfide) groups is 1. The number of unbranched alkanes of at least 4 members (excludes halogenated alkanes) is 2. The van der Waals surface area contributed by atoms with E-state index in [-0.39, 0.29) is 116 Å². The van der Waals surface area contributed by atoms with Gasteiger partial charge >= 0.3 is 56.6 Å². The molecule has 1 amide bonds. The molecular formula is C34H55N7O9SY+3. The van der Waals surface area contributed by atoms with Gasteiger partial charge in [-0.05, 0) is 42.7 Å². The van der Waals surface area contributed by atoms with E-state index in [1.165, 1.54) is 11.8 Å². The summed E-state index contributed by atoms with van der Waals surface area (Å²) in [6, 6.07) is 6.70. The van der Waals surface area contributed by atoms with Gasteiger partial charge in [0.15, 0.2) is 0 Å². The second-order valence-corrected chi connectivity index (χ2v) is 13.8. The monoisotopic (exact) mass is 826 g/mol. The molecule has 0 aromatic heterocycles. The number of nitrogens with zero attached hydrogens (tertiary/aromatic N) is 5. The van der Waals surface area contributed by atoms with Crippen molar-refractivity contribution in [1.82, 2.24) is 19.6 Å². The average Bonchev–Trinajstić information content (AvgIpc) is 3.04. The van der Waals surface area contributed by atoms with Gasteiger partial charge in [0.2, 0.25) is 5.91 Å². The molecular weight excluding hydrogens is 771 g/mol. The minimum absolute atomic E-state index is 0. The first-order valence-corrected chi connectivity index (χ1v) is 18.5. The number of nitrogens with two attached hydrogens (primary N) is 1. The zero-order valence-corrected chi connectivity index (χ0v) is 33.8. The molecule has 1 fully saturated rings. The summed E-state index contributed by atoms with van der Waals surface area (Å²) in [4.78, 5) is 70.6. The second kappa shape index (κ2) is 27.0. The van der Waals surface area contributed by atoms with Crippen molar-refractivity contribution in [2.75, 3.05) is 95.4 Å². The first kappa shape index (κ1) is 47.4. The van der Waals surface area contributed by atoms with Crippen LogP contribution in [0.2, 0.25) is 0 Å². The van der Waals surface area contributed by atoms with Gasteiger partial charge in [-0.15, -0.1) is 0 Å². The molecule has 16 nitrogen and oxygen atoms in total. The number of hydrogen-bond donors (Lipinski definition) is 6. The number of hydrogen-bond acceptors (Lipinski definition) is 11. The van der Waals surface area contributed by atoms with Crippen LogP contribution in [0, 0.1) is 0 Å². The molecule has 1 aromatic rings. The zero-order chi connectivity index (χ0) is 37.6. The maximum atomic E-state index is 12.6. The molecule has 0 spiro atoms. The van der Waals surface area contributed by atoms with Crippen LogP contribution in [0.5, 0.6) is 0 Å². The summed E-state index contributed by atoms with van der Waals surface area (Å²) in [6.45, 7) is 3.11. The van der Waals surface area contributed by atoms with Crippen LogP contribution in [0.4, 0.5) is 5.69 Å². The van der Waals surface area contributed by atoms with E-state index in [1.807, 2.05) is 12.1 Å². The number of aliphatic carboxylic acids is 4. The van der Waals surface area contributed by atoms with Crippen LogP contribution >= 0.6 is 11.8 Å². The maximum absolute atomic E-state index is 12.6. The topological polar surface area (TPSA) is 230 Å². The van der Waals surface area contributed by atoms with Gasteiger partial charge in [-0.2, -0.15) is 11.8 Å². The Morgan fingerprint density at radius 3 is 1.88 bits per heavy atom. The molecule has 1 atom stereocenters. The van der Waals surface area contributed by atoms with Crippen molar-refractivity contribution in [2.45, 2.75) is 51.5 Å². The Morgan fingerprint density at radius 1 is 0.788 bits per heavy atom. The van der Waals surface area contributed by atoms with Gasteiger partial charge in [0, 0.05) is 70.5 Å². The molecule has 1 aliphatic rings. The quantitative estimate of drug-likeness (QED) is 0.0581. The van der Waals surface area contributed by atoms with Gasteiger partial charge in [-0.25, -0.2) is 0 Å². The van der Waals surface area contributed by atoms with Gasteiger partial charge < -0.3 is 31.5 Å².